The highest BCUT2D eigenvalue weighted by Crippen LogP contribution is 2.09. The molecule has 1 rings (SSSR count). The van der Waals surface area contributed by atoms with Crippen LogP contribution in [-0.4, -0.2) is 47.1 Å². The average Bonchev–Trinajstić information content (AvgIpc) is 2.79. The van der Waals surface area contributed by atoms with Gasteiger partial charge >= 0.3 is 12.0 Å². The molecule has 0 aliphatic heterocycles. The minimum Gasteiger partial charge on any atom is -0.480 e. The Hall–Kier alpha value is -1.63. The quantitative estimate of drug-likeness (QED) is 0.804. The Morgan fingerprint density at radius 3 is 2.70 bits per heavy atom. The Morgan fingerprint density at radius 2 is 2.20 bits per heavy atom. The van der Waals surface area contributed by atoms with Gasteiger partial charge in [-0.1, -0.05) is 0 Å². The molecular formula is C13H20N2O4S. The number of aryl methyl sites for hydroxylation is 1. The molecule has 0 saturated heterocycles. The van der Waals surface area contributed by atoms with Crippen LogP contribution in [0.25, 0.3) is 0 Å². The van der Waals surface area contributed by atoms with E-state index >= 15 is 0 Å². The fraction of sp³-hybridized carbons (Fsp3) is 0.538. The van der Waals surface area contributed by atoms with Gasteiger partial charge in [-0.15, -0.1) is 0 Å². The molecule has 0 spiro atoms. The molecule has 0 unspecified atom stereocenters. The number of aliphatic carboxylic acids is 1. The van der Waals surface area contributed by atoms with Gasteiger partial charge in [-0.05, 0) is 37.5 Å². The van der Waals surface area contributed by atoms with Crippen LogP contribution in [0, 0.1) is 6.92 Å². The van der Waals surface area contributed by atoms with Crippen molar-refractivity contribution >= 4 is 23.8 Å². The molecule has 0 saturated carbocycles. The molecule has 1 heterocycles. The molecule has 6 nitrogen and oxygen atoms in total. The summed E-state index contributed by atoms with van der Waals surface area (Å²) >= 11 is 1.54. The first-order chi connectivity index (χ1) is 9.43. The van der Waals surface area contributed by atoms with Crippen molar-refractivity contribution in [1.82, 2.24) is 10.2 Å². The molecule has 0 aliphatic rings. The highest BCUT2D eigenvalue weighted by molar-refractivity contribution is 7.98. The number of rotatable bonds is 7. The summed E-state index contributed by atoms with van der Waals surface area (Å²) in [6.45, 7) is 2.13. The molecule has 1 aromatic rings. The van der Waals surface area contributed by atoms with Crippen LogP contribution < -0.4 is 5.32 Å². The minimum absolute atomic E-state index is 0.300. The molecule has 1 aromatic heterocycles. The van der Waals surface area contributed by atoms with Crippen LogP contribution in [0.1, 0.15) is 17.9 Å². The van der Waals surface area contributed by atoms with Crippen LogP contribution in [0.5, 0.6) is 0 Å². The number of carbonyl (C=O) groups is 2. The molecule has 0 radical (unpaired) electrons. The van der Waals surface area contributed by atoms with Gasteiger partial charge in [-0.25, -0.2) is 9.59 Å². The topological polar surface area (TPSA) is 82.8 Å². The summed E-state index contributed by atoms with van der Waals surface area (Å²) in [6, 6.07) is 2.32. The van der Waals surface area contributed by atoms with E-state index < -0.39 is 18.0 Å². The Bertz CT molecular complexity index is 461. The SMILES string of the molecule is CSCC[C@H](NC(=O)N(C)Cc1ccc(C)o1)C(=O)O. The fourth-order valence-electron chi connectivity index (χ4n) is 1.63. The van der Waals surface area contributed by atoms with E-state index in [1.807, 2.05) is 19.2 Å². The van der Waals surface area contributed by atoms with Crippen molar-refractivity contribution in [3.8, 4) is 0 Å². The van der Waals surface area contributed by atoms with Crippen molar-refractivity contribution < 1.29 is 19.1 Å². The third kappa shape index (κ3) is 5.16. The van der Waals surface area contributed by atoms with Gasteiger partial charge in [0.05, 0.1) is 6.54 Å². The number of amides is 2. The molecule has 0 aromatic carbocycles. The average molecular weight is 300 g/mol. The second-order valence-corrected chi connectivity index (χ2v) is 5.48. The summed E-state index contributed by atoms with van der Waals surface area (Å²) in [4.78, 5) is 24.4. The normalized spacial score (nSPS) is 11.9. The van der Waals surface area contributed by atoms with Crippen LogP contribution in [-0.2, 0) is 11.3 Å². The van der Waals surface area contributed by atoms with Crippen LogP contribution >= 0.6 is 11.8 Å². The number of furan rings is 1. The van der Waals surface area contributed by atoms with Crippen LogP contribution in [0.4, 0.5) is 4.79 Å². The summed E-state index contributed by atoms with van der Waals surface area (Å²) in [7, 11) is 1.60. The van der Waals surface area contributed by atoms with Gasteiger partial charge in [0, 0.05) is 7.05 Å². The number of carboxylic acids is 1. The zero-order valence-corrected chi connectivity index (χ0v) is 12.7. The maximum absolute atomic E-state index is 11.9. The van der Waals surface area contributed by atoms with Gasteiger partial charge in [0.25, 0.3) is 0 Å². The summed E-state index contributed by atoms with van der Waals surface area (Å²) in [5.74, 6) is 1.10. The second kappa shape index (κ2) is 7.84. The Kier molecular flexibility index (Phi) is 6.44. The molecule has 7 heteroatoms. The standard InChI is InChI=1S/C13H20N2O4S/c1-9-4-5-10(19-9)8-15(2)13(18)14-11(12(16)17)6-7-20-3/h4-5,11H,6-8H2,1-3H3,(H,14,18)(H,16,17)/t11-/m0/s1. The largest absolute Gasteiger partial charge is 0.480 e. The van der Waals surface area contributed by atoms with Crippen molar-refractivity contribution in [3.63, 3.8) is 0 Å². The molecule has 0 fully saturated rings. The number of carboxylic acid groups (broad SMARTS) is 1. The summed E-state index contributed by atoms with van der Waals surface area (Å²) in [5, 5.41) is 11.6. The number of hydrogen-bond donors (Lipinski definition) is 2. The van der Waals surface area contributed by atoms with Crippen molar-refractivity contribution in [2.24, 2.45) is 0 Å². The second-order valence-electron chi connectivity index (χ2n) is 4.49. The van der Waals surface area contributed by atoms with Gasteiger partial charge in [-0.2, -0.15) is 11.8 Å². The lowest BCUT2D eigenvalue weighted by Gasteiger charge is -2.20. The van der Waals surface area contributed by atoms with E-state index in [1.165, 1.54) is 4.90 Å². The lowest BCUT2D eigenvalue weighted by Crippen LogP contribution is -2.46. The fourth-order valence-corrected chi connectivity index (χ4v) is 2.10. The van der Waals surface area contributed by atoms with E-state index in [0.29, 0.717) is 24.5 Å². The molecule has 0 aliphatic carbocycles. The zero-order chi connectivity index (χ0) is 15.1. The van der Waals surface area contributed by atoms with E-state index in [9.17, 15) is 9.59 Å². The molecule has 0 bridgehead atoms. The smallest absolute Gasteiger partial charge is 0.326 e. The van der Waals surface area contributed by atoms with Gasteiger partial charge in [0.15, 0.2) is 0 Å². The molecule has 2 N–H and O–H groups in total. The van der Waals surface area contributed by atoms with Crippen molar-refractivity contribution in [2.45, 2.75) is 25.9 Å². The van der Waals surface area contributed by atoms with E-state index in [-0.39, 0.29) is 0 Å². The van der Waals surface area contributed by atoms with Crippen LogP contribution in [0.2, 0.25) is 0 Å². The predicted octanol–water partition coefficient (Wildman–Crippen LogP) is 1.94. The molecule has 112 valence electrons. The molecule has 2 amide bonds. The Labute approximate surface area is 122 Å². The Morgan fingerprint density at radius 1 is 1.50 bits per heavy atom. The van der Waals surface area contributed by atoms with E-state index in [2.05, 4.69) is 5.32 Å². The number of urea groups is 1. The van der Waals surface area contributed by atoms with Crippen LogP contribution in [0.3, 0.4) is 0 Å². The summed E-state index contributed by atoms with van der Waals surface area (Å²) in [5.41, 5.74) is 0. The van der Waals surface area contributed by atoms with E-state index in [4.69, 9.17) is 9.52 Å². The first kappa shape index (κ1) is 16.4. The number of carbonyl (C=O) groups excluding carboxylic acids is 1. The Balaban J connectivity index is 2.52. The van der Waals surface area contributed by atoms with Crippen molar-refractivity contribution in [2.75, 3.05) is 19.1 Å². The number of nitrogens with one attached hydrogen (secondary N) is 1. The molecule has 20 heavy (non-hydrogen) atoms. The van der Waals surface area contributed by atoms with Crippen molar-refractivity contribution in [1.29, 1.82) is 0 Å². The van der Waals surface area contributed by atoms with Crippen LogP contribution in [0.15, 0.2) is 16.5 Å². The highest BCUT2D eigenvalue weighted by atomic mass is 32.2. The summed E-state index contributed by atoms with van der Waals surface area (Å²) in [6.07, 6.45) is 2.29. The lowest BCUT2D eigenvalue weighted by molar-refractivity contribution is -0.139. The van der Waals surface area contributed by atoms with E-state index in [0.717, 1.165) is 5.76 Å². The maximum Gasteiger partial charge on any atom is 0.326 e. The van der Waals surface area contributed by atoms with Gasteiger partial charge in [0.2, 0.25) is 0 Å². The zero-order valence-electron chi connectivity index (χ0n) is 11.9. The van der Waals surface area contributed by atoms with E-state index in [1.54, 1.807) is 24.9 Å². The first-order valence-electron chi connectivity index (χ1n) is 6.22. The number of nitrogens with zero attached hydrogens (tertiary/aromatic N) is 1. The maximum atomic E-state index is 11.9. The monoisotopic (exact) mass is 300 g/mol. The van der Waals surface area contributed by atoms with Crippen molar-refractivity contribution in [3.05, 3.63) is 23.7 Å². The van der Waals surface area contributed by atoms with Gasteiger partial charge in [-0.3, -0.25) is 0 Å². The van der Waals surface area contributed by atoms with Gasteiger partial charge < -0.3 is 19.7 Å². The molecule has 1 atom stereocenters. The predicted molar refractivity (Wildman–Crippen MR) is 77.9 cm³/mol. The number of hydrogen-bond acceptors (Lipinski definition) is 4. The van der Waals surface area contributed by atoms with Gasteiger partial charge in [0.1, 0.15) is 17.6 Å². The number of thioether (sulfide) groups is 1. The minimum atomic E-state index is -1.02. The highest BCUT2D eigenvalue weighted by Gasteiger charge is 2.21. The third-order valence-corrected chi connectivity index (χ3v) is 3.39. The summed E-state index contributed by atoms with van der Waals surface area (Å²) < 4.78 is 5.38. The first-order valence-corrected chi connectivity index (χ1v) is 7.62. The third-order valence-electron chi connectivity index (χ3n) is 2.74. The lowest BCUT2D eigenvalue weighted by atomic mass is 10.2. The molecular weight excluding hydrogens is 280 g/mol.